The lowest BCUT2D eigenvalue weighted by Gasteiger charge is -2.17. The Hall–Kier alpha value is -1.97. The Bertz CT molecular complexity index is 425. The molecular weight excluding hydrogens is 230 g/mol. The van der Waals surface area contributed by atoms with Crippen molar-refractivity contribution in [1.29, 1.82) is 0 Å². The van der Waals surface area contributed by atoms with Gasteiger partial charge in [0.15, 0.2) is 0 Å². The Labute approximate surface area is 107 Å². The summed E-state index contributed by atoms with van der Waals surface area (Å²) in [4.78, 5) is 11.6. The molecule has 1 amide bonds. The molecule has 0 spiro atoms. The van der Waals surface area contributed by atoms with E-state index in [2.05, 4.69) is 11.4 Å². The molecule has 4 nitrogen and oxygen atoms in total. The summed E-state index contributed by atoms with van der Waals surface area (Å²) in [5, 5.41) is 2.69. The van der Waals surface area contributed by atoms with Crippen LogP contribution in [-0.2, 0) is 4.74 Å². The van der Waals surface area contributed by atoms with E-state index in [0.717, 1.165) is 25.0 Å². The summed E-state index contributed by atoms with van der Waals surface area (Å²) in [7, 11) is 1.60. The maximum absolute atomic E-state index is 11.6. The molecule has 0 saturated carbocycles. The number of carbonyl (C=O) groups is 1. The summed E-state index contributed by atoms with van der Waals surface area (Å²) in [5.41, 5.74) is 0.695. The van der Waals surface area contributed by atoms with Crippen molar-refractivity contribution in [3.8, 4) is 5.75 Å². The molecule has 1 atom stereocenters. The number of ether oxygens (including phenoxy) is 2. The van der Waals surface area contributed by atoms with Gasteiger partial charge in [-0.2, -0.15) is 0 Å². The van der Waals surface area contributed by atoms with Gasteiger partial charge in [0.2, 0.25) is 0 Å². The van der Waals surface area contributed by atoms with Crippen LogP contribution in [0.1, 0.15) is 19.3 Å². The maximum Gasteiger partial charge on any atom is 0.412 e. The molecule has 2 rings (SSSR count). The minimum atomic E-state index is -0.420. The fraction of sp³-hybridized carbons (Fsp3) is 0.357. The van der Waals surface area contributed by atoms with Gasteiger partial charge in [0.25, 0.3) is 0 Å². The van der Waals surface area contributed by atoms with Gasteiger partial charge < -0.3 is 9.47 Å². The van der Waals surface area contributed by atoms with Crippen LogP contribution in [0.3, 0.4) is 0 Å². The Morgan fingerprint density at radius 1 is 1.33 bits per heavy atom. The van der Waals surface area contributed by atoms with Crippen LogP contribution in [0, 0.1) is 0 Å². The van der Waals surface area contributed by atoms with Gasteiger partial charge in [-0.25, -0.2) is 4.79 Å². The predicted molar refractivity (Wildman–Crippen MR) is 69.9 cm³/mol. The number of rotatable bonds is 3. The molecule has 0 fully saturated rings. The molecule has 0 aliphatic heterocycles. The van der Waals surface area contributed by atoms with Crippen molar-refractivity contribution in [1.82, 2.24) is 0 Å². The monoisotopic (exact) mass is 247 g/mol. The molecule has 0 saturated heterocycles. The van der Waals surface area contributed by atoms with Gasteiger partial charge in [-0.3, -0.25) is 5.32 Å². The van der Waals surface area contributed by atoms with Crippen LogP contribution >= 0.6 is 0 Å². The fourth-order valence-corrected chi connectivity index (χ4v) is 1.84. The van der Waals surface area contributed by atoms with Crippen molar-refractivity contribution >= 4 is 11.8 Å². The first kappa shape index (κ1) is 12.5. The molecule has 1 aliphatic carbocycles. The van der Waals surface area contributed by atoms with Crippen molar-refractivity contribution in [3.05, 3.63) is 36.4 Å². The first-order valence-corrected chi connectivity index (χ1v) is 6.06. The quantitative estimate of drug-likeness (QED) is 0.833. The highest BCUT2D eigenvalue weighted by atomic mass is 16.6. The number of anilines is 1. The van der Waals surface area contributed by atoms with Crippen LogP contribution in [0.2, 0.25) is 0 Å². The average molecular weight is 247 g/mol. The number of nitrogens with one attached hydrogen (secondary N) is 1. The summed E-state index contributed by atoms with van der Waals surface area (Å²) < 4.78 is 10.3. The van der Waals surface area contributed by atoms with E-state index in [9.17, 15) is 4.79 Å². The van der Waals surface area contributed by atoms with E-state index in [4.69, 9.17) is 9.47 Å². The second kappa shape index (κ2) is 6.10. The highest BCUT2D eigenvalue weighted by Crippen LogP contribution is 2.17. The number of carbonyl (C=O) groups excluding carboxylic acids is 1. The van der Waals surface area contributed by atoms with Gasteiger partial charge in [-0.05, 0) is 49.6 Å². The zero-order valence-electron chi connectivity index (χ0n) is 10.4. The van der Waals surface area contributed by atoms with E-state index < -0.39 is 6.09 Å². The van der Waals surface area contributed by atoms with E-state index in [0.29, 0.717) is 5.69 Å². The van der Waals surface area contributed by atoms with Crippen molar-refractivity contribution in [3.63, 3.8) is 0 Å². The summed E-state index contributed by atoms with van der Waals surface area (Å²) in [6.45, 7) is 0. The van der Waals surface area contributed by atoms with Crippen molar-refractivity contribution in [2.75, 3.05) is 12.4 Å². The molecule has 0 radical (unpaired) electrons. The molecule has 0 aromatic heterocycles. The average Bonchev–Trinajstić information content (AvgIpc) is 2.40. The van der Waals surface area contributed by atoms with Crippen LogP contribution in [0.5, 0.6) is 5.75 Å². The number of benzene rings is 1. The lowest BCUT2D eigenvalue weighted by molar-refractivity contribution is 0.126. The number of hydrogen-bond acceptors (Lipinski definition) is 3. The number of methoxy groups -OCH3 is 1. The van der Waals surface area contributed by atoms with Crippen molar-refractivity contribution in [2.45, 2.75) is 25.4 Å². The van der Waals surface area contributed by atoms with Crippen LogP contribution < -0.4 is 10.1 Å². The van der Waals surface area contributed by atoms with Crippen LogP contribution in [0.15, 0.2) is 36.4 Å². The van der Waals surface area contributed by atoms with Gasteiger partial charge >= 0.3 is 6.09 Å². The second-order valence-electron chi connectivity index (χ2n) is 4.16. The molecule has 18 heavy (non-hydrogen) atoms. The minimum Gasteiger partial charge on any atom is -0.497 e. The molecule has 1 N–H and O–H groups in total. The Balaban J connectivity index is 1.86. The van der Waals surface area contributed by atoms with E-state index in [1.54, 1.807) is 31.4 Å². The number of allylic oxidation sites excluding steroid dienone is 1. The topological polar surface area (TPSA) is 47.6 Å². The molecular formula is C14H17NO3. The first-order valence-electron chi connectivity index (χ1n) is 6.06. The molecule has 1 aromatic rings. The zero-order valence-corrected chi connectivity index (χ0v) is 10.4. The largest absolute Gasteiger partial charge is 0.497 e. The molecule has 0 heterocycles. The third kappa shape index (κ3) is 3.52. The third-order valence-corrected chi connectivity index (χ3v) is 2.80. The lowest BCUT2D eigenvalue weighted by Crippen LogP contribution is -2.22. The van der Waals surface area contributed by atoms with Crippen molar-refractivity contribution < 1.29 is 14.3 Å². The summed E-state index contributed by atoms with van der Waals surface area (Å²) in [6, 6.07) is 7.12. The maximum atomic E-state index is 11.6. The molecule has 1 unspecified atom stereocenters. The standard InChI is InChI=1S/C14H17NO3/c1-17-12-9-7-11(8-10-12)15-14(16)18-13-5-3-2-4-6-13/h3,5,7-10,13H,2,4,6H2,1H3,(H,15,16). The highest BCUT2D eigenvalue weighted by Gasteiger charge is 2.13. The van der Waals surface area contributed by atoms with Gasteiger partial charge in [0.1, 0.15) is 11.9 Å². The number of hydrogen-bond donors (Lipinski definition) is 1. The third-order valence-electron chi connectivity index (χ3n) is 2.80. The zero-order chi connectivity index (χ0) is 12.8. The van der Waals surface area contributed by atoms with Gasteiger partial charge in [-0.1, -0.05) is 6.08 Å². The summed E-state index contributed by atoms with van der Waals surface area (Å²) >= 11 is 0. The smallest absolute Gasteiger partial charge is 0.412 e. The van der Waals surface area contributed by atoms with Gasteiger partial charge in [-0.15, -0.1) is 0 Å². The van der Waals surface area contributed by atoms with Crippen molar-refractivity contribution in [2.24, 2.45) is 0 Å². The Morgan fingerprint density at radius 3 is 2.72 bits per heavy atom. The van der Waals surface area contributed by atoms with Gasteiger partial charge in [0, 0.05) is 5.69 Å². The van der Waals surface area contributed by atoms with E-state index in [1.807, 2.05) is 6.08 Å². The van der Waals surface area contributed by atoms with Crippen LogP contribution in [0.4, 0.5) is 10.5 Å². The van der Waals surface area contributed by atoms with Crippen LogP contribution in [-0.4, -0.2) is 19.3 Å². The normalized spacial score (nSPS) is 18.2. The van der Waals surface area contributed by atoms with E-state index >= 15 is 0 Å². The molecule has 0 bridgehead atoms. The predicted octanol–water partition coefficient (Wildman–Crippen LogP) is 3.35. The fourth-order valence-electron chi connectivity index (χ4n) is 1.84. The lowest BCUT2D eigenvalue weighted by atomic mass is 10.1. The first-order chi connectivity index (χ1) is 8.78. The van der Waals surface area contributed by atoms with Crippen LogP contribution in [0.25, 0.3) is 0 Å². The molecule has 4 heteroatoms. The summed E-state index contributed by atoms with van der Waals surface area (Å²) in [5.74, 6) is 0.754. The van der Waals surface area contributed by atoms with E-state index in [-0.39, 0.29) is 6.10 Å². The minimum absolute atomic E-state index is 0.100. The van der Waals surface area contributed by atoms with Gasteiger partial charge in [0.05, 0.1) is 7.11 Å². The second-order valence-corrected chi connectivity index (χ2v) is 4.16. The molecule has 1 aliphatic rings. The molecule has 96 valence electrons. The summed E-state index contributed by atoms with van der Waals surface area (Å²) in [6.07, 6.45) is 6.50. The number of amides is 1. The highest BCUT2D eigenvalue weighted by molar-refractivity contribution is 5.84. The molecule has 1 aromatic carbocycles. The Kier molecular flexibility index (Phi) is 4.23. The SMILES string of the molecule is COc1ccc(NC(=O)OC2C=CCCC2)cc1. The Morgan fingerprint density at radius 2 is 2.11 bits per heavy atom. The van der Waals surface area contributed by atoms with E-state index in [1.165, 1.54) is 0 Å².